The number of hydrogen-bond acceptors (Lipinski definition) is 5. The molecular weight excluding hydrogens is 484 g/mol. The summed E-state index contributed by atoms with van der Waals surface area (Å²) in [7, 11) is -3.21. The molecule has 0 unspecified atom stereocenters. The minimum atomic E-state index is -3.21. The summed E-state index contributed by atoms with van der Waals surface area (Å²) in [6.45, 7) is 9.58. The van der Waals surface area contributed by atoms with E-state index in [2.05, 4.69) is 27.7 Å². The van der Waals surface area contributed by atoms with Gasteiger partial charge in [0, 0.05) is 6.42 Å². The third-order valence-corrected chi connectivity index (χ3v) is 14.9. The van der Waals surface area contributed by atoms with Crippen molar-refractivity contribution in [1.82, 2.24) is 0 Å². The lowest BCUT2D eigenvalue weighted by molar-refractivity contribution is -0.203. The van der Waals surface area contributed by atoms with Crippen LogP contribution < -0.4 is 0 Å². The highest BCUT2D eigenvalue weighted by Gasteiger charge is 2.64. The van der Waals surface area contributed by atoms with Crippen LogP contribution in [0.2, 0.25) is 0 Å². The van der Waals surface area contributed by atoms with E-state index in [1.165, 1.54) is 25.7 Å². The van der Waals surface area contributed by atoms with Crippen molar-refractivity contribution < 1.29 is 23.4 Å². The Hall–Kier alpha value is -0.460. The summed E-state index contributed by atoms with van der Waals surface area (Å²) in [5.41, 5.74) is 0.465. The Labute approximate surface area is 225 Å². The van der Waals surface area contributed by atoms with Gasteiger partial charge in [0.1, 0.15) is 11.5 Å². The molecule has 212 valence electrons. The average molecular weight is 537 g/mol. The Kier molecular flexibility index (Phi) is 7.73. The Balaban J connectivity index is 1.25. The van der Waals surface area contributed by atoms with Gasteiger partial charge in [0.25, 0.3) is 0 Å². The van der Waals surface area contributed by atoms with E-state index in [9.17, 15) is 23.4 Å². The summed E-state index contributed by atoms with van der Waals surface area (Å²) in [5, 5.41) is 22.1. The molecule has 0 aromatic carbocycles. The second kappa shape index (κ2) is 10.2. The van der Waals surface area contributed by atoms with Crippen LogP contribution >= 0.6 is 0 Å². The average Bonchev–Trinajstić information content (AvgIpc) is 3.63. The molecule has 0 aliphatic heterocycles. The van der Waals surface area contributed by atoms with Crippen LogP contribution in [0.15, 0.2) is 0 Å². The highest BCUT2D eigenvalue weighted by Crippen LogP contribution is 2.69. The maximum atomic E-state index is 12.4. The van der Waals surface area contributed by atoms with Crippen molar-refractivity contribution in [3.63, 3.8) is 0 Å². The molecule has 37 heavy (non-hydrogen) atoms. The molecule has 0 saturated heterocycles. The Bertz CT molecular complexity index is 959. The summed E-state index contributed by atoms with van der Waals surface area (Å²) in [6.07, 6.45) is 11.8. The summed E-state index contributed by atoms with van der Waals surface area (Å²) < 4.78 is 24.3. The Morgan fingerprint density at radius 2 is 1.62 bits per heavy atom. The number of Topliss-reactive ketones (excluding diaryl/α,β-unsaturated/α-hetero) is 1. The zero-order chi connectivity index (χ0) is 26.8. The van der Waals surface area contributed by atoms with E-state index in [1.807, 2.05) is 0 Å². The predicted octanol–water partition coefficient (Wildman–Crippen LogP) is 5.57. The van der Waals surface area contributed by atoms with Crippen LogP contribution in [0.3, 0.4) is 0 Å². The lowest BCUT2D eigenvalue weighted by Gasteiger charge is -2.64. The highest BCUT2D eigenvalue weighted by molar-refractivity contribution is 7.93. The van der Waals surface area contributed by atoms with E-state index in [1.54, 1.807) is 0 Å². The molecule has 0 aromatic heterocycles. The third-order valence-electron chi connectivity index (χ3n) is 12.7. The van der Waals surface area contributed by atoms with Crippen LogP contribution in [0.25, 0.3) is 0 Å². The van der Waals surface area contributed by atoms with Crippen LogP contribution in [0.5, 0.6) is 0 Å². The van der Waals surface area contributed by atoms with E-state index in [0.29, 0.717) is 41.9 Å². The van der Waals surface area contributed by atoms with Gasteiger partial charge >= 0.3 is 0 Å². The van der Waals surface area contributed by atoms with Gasteiger partial charge in [-0.3, -0.25) is 4.79 Å². The monoisotopic (exact) mass is 536 g/mol. The quantitative estimate of drug-likeness (QED) is 0.402. The van der Waals surface area contributed by atoms with Crippen molar-refractivity contribution in [3.05, 3.63) is 0 Å². The van der Waals surface area contributed by atoms with E-state index < -0.39 is 9.84 Å². The first-order valence-corrected chi connectivity index (χ1v) is 17.2. The molecule has 5 fully saturated rings. The first-order chi connectivity index (χ1) is 17.4. The van der Waals surface area contributed by atoms with Crippen molar-refractivity contribution in [2.75, 3.05) is 5.75 Å². The van der Waals surface area contributed by atoms with Crippen LogP contribution in [0, 0.1) is 52.3 Å². The summed E-state index contributed by atoms with van der Waals surface area (Å²) in [6, 6.07) is 0. The van der Waals surface area contributed by atoms with Crippen LogP contribution in [-0.4, -0.2) is 47.6 Å². The van der Waals surface area contributed by atoms with Gasteiger partial charge in [-0.15, -0.1) is 0 Å². The van der Waals surface area contributed by atoms with Crippen molar-refractivity contribution >= 4 is 15.6 Å². The largest absolute Gasteiger partial charge is 0.393 e. The fraction of sp³-hybridized carbons (Fsp3) is 0.968. The topological polar surface area (TPSA) is 91.7 Å². The maximum Gasteiger partial charge on any atom is 0.160 e. The van der Waals surface area contributed by atoms with Gasteiger partial charge < -0.3 is 10.2 Å². The van der Waals surface area contributed by atoms with E-state index in [4.69, 9.17) is 0 Å². The van der Waals surface area contributed by atoms with Crippen molar-refractivity contribution in [3.8, 4) is 0 Å². The lowest BCUT2D eigenvalue weighted by Crippen LogP contribution is -2.62. The summed E-state index contributed by atoms with van der Waals surface area (Å²) >= 11 is 0. The van der Waals surface area contributed by atoms with Gasteiger partial charge in [-0.1, -0.05) is 40.5 Å². The number of rotatable bonds is 9. The molecule has 6 heteroatoms. The smallest absolute Gasteiger partial charge is 0.160 e. The van der Waals surface area contributed by atoms with E-state index in [-0.39, 0.29) is 45.7 Å². The Morgan fingerprint density at radius 1 is 0.946 bits per heavy atom. The standard InChI is InChI=1S/C31H52O5S/c1-5-23-27-17-20(32)13-15-31(27,4)26-14-16-30(3)24(11-12-25(30)28(26)29(23)34)19(2)7-6-8-21(33)18-37(35,36)22-9-10-22/h19-20,22-29,32,34H,5-18H2,1-4H3/t19-,20-,23-,24-,25+,26+,27+,28+,29-,30-,31-/m1/s1. The minimum absolute atomic E-state index is 0.105. The van der Waals surface area contributed by atoms with Crippen LogP contribution in [0.4, 0.5) is 0 Å². The second-order valence-electron chi connectivity index (χ2n) is 14.5. The molecule has 2 N–H and O–H groups in total. The van der Waals surface area contributed by atoms with Gasteiger partial charge in [-0.25, -0.2) is 8.42 Å². The van der Waals surface area contributed by atoms with Crippen molar-refractivity contribution in [2.45, 2.75) is 129 Å². The number of aliphatic hydroxyl groups excluding tert-OH is 2. The molecule has 0 bridgehead atoms. The molecule has 5 nitrogen and oxygen atoms in total. The number of carbonyl (C=O) groups is 1. The molecular formula is C31H52O5S. The van der Waals surface area contributed by atoms with Gasteiger partial charge in [0.2, 0.25) is 0 Å². The zero-order valence-electron chi connectivity index (χ0n) is 23.7. The fourth-order valence-corrected chi connectivity index (χ4v) is 12.3. The first kappa shape index (κ1) is 28.1. The molecule has 0 spiro atoms. The maximum absolute atomic E-state index is 12.4. The molecule has 5 rings (SSSR count). The molecule has 0 amide bonds. The van der Waals surface area contributed by atoms with E-state index in [0.717, 1.165) is 51.4 Å². The van der Waals surface area contributed by atoms with Gasteiger partial charge in [-0.05, 0) is 116 Å². The third kappa shape index (κ3) is 4.88. The van der Waals surface area contributed by atoms with Crippen molar-refractivity contribution in [2.24, 2.45) is 52.3 Å². The SMILES string of the molecule is CC[C@H]1[C@@H](O)[C@@H]2[C@H](CC[C@]3(C)[C@@H]([C@H](C)CCCC(=O)CS(=O)(=O)C4CC4)CC[C@@H]23)[C@@]2(C)CC[C@@H](O)C[C@@H]12. The molecule has 5 aliphatic carbocycles. The fourth-order valence-electron chi connectivity index (χ4n) is 10.6. The number of sulfone groups is 1. The molecule has 0 radical (unpaired) electrons. The number of ketones is 1. The molecule has 0 aromatic rings. The highest BCUT2D eigenvalue weighted by atomic mass is 32.2. The van der Waals surface area contributed by atoms with Gasteiger partial charge in [0.05, 0.1) is 17.5 Å². The predicted molar refractivity (Wildman–Crippen MR) is 147 cm³/mol. The summed E-state index contributed by atoms with van der Waals surface area (Å²) in [4.78, 5) is 12.4. The second-order valence-corrected chi connectivity index (χ2v) is 16.8. The molecule has 11 atom stereocenters. The molecule has 0 heterocycles. The Morgan fingerprint density at radius 3 is 2.30 bits per heavy atom. The van der Waals surface area contributed by atoms with E-state index >= 15 is 0 Å². The van der Waals surface area contributed by atoms with Gasteiger partial charge in [0.15, 0.2) is 9.84 Å². The van der Waals surface area contributed by atoms with Crippen LogP contribution in [-0.2, 0) is 14.6 Å². The number of hydrogen-bond donors (Lipinski definition) is 2. The minimum Gasteiger partial charge on any atom is -0.393 e. The van der Waals surface area contributed by atoms with Gasteiger partial charge in [-0.2, -0.15) is 0 Å². The molecule has 5 aliphatic rings. The first-order valence-electron chi connectivity index (χ1n) is 15.5. The number of carbonyl (C=O) groups excluding carboxylic acids is 1. The lowest BCUT2D eigenvalue weighted by atomic mass is 9.41. The number of fused-ring (bicyclic) bond motifs is 5. The number of aliphatic hydroxyl groups is 2. The zero-order valence-corrected chi connectivity index (χ0v) is 24.5. The van der Waals surface area contributed by atoms with Crippen molar-refractivity contribution in [1.29, 1.82) is 0 Å². The molecule has 5 saturated carbocycles. The summed E-state index contributed by atoms with van der Waals surface area (Å²) in [5.74, 6) is 2.95. The van der Waals surface area contributed by atoms with Crippen LogP contribution in [0.1, 0.15) is 111 Å². The normalized spacial score (nSPS) is 46.5.